The van der Waals surface area contributed by atoms with E-state index in [0.717, 1.165) is 24.3 Å². The summed E-state index contributed by atoms with van der Waals surface area (Å²) in [4.78, 5) is 18.9. The molecule has 128 valence electrons. The van der Waals surface area contributed by atoms with E-state index in [-0.39, 0.29) is 11.7 Å². The summed E-state index contributed by atoms with van der Waals surface area (Å²) in [6, 6.07) is 6.19. The van der Waals surface area contributed by atoms with Gasteiger partial charge in [0.25, 0.3) is 0 Å². The van der Waals surface area contributed by atoms with Gasteiger partial charge >= 0.3 is 0 Å². The summed E-state index contributed by atoms with van der Waals surface area (Å²) in [6.07, 6.45) is 1.23. The largest absolute Gasteiger partial charge is 0.301 e. The molecule has 1 saturated heterocycles. The van der Waals surface area contributed by atoms with Crippen LogP contribution < -0.4 is 5.32 Å². The van der Waals surface area contributed by atoms with E-state index in [1.807, 2.05) is 5.38 Å². The van der Waals surface area contributed by atoms with Gasteiger partial charge < -0.3 is 5.32 Å². The number of nitrogens with one attached hydrogen (secondary N) is 1. The molecule has 2 heterocycles. The van der Waals surface area contributed by atoms with Gasteiger partial charge in [-0.1, -0.05) is 13.8 Å². The van der Waals surface area contributed by atoms with Gasteiger partial charge in [-0.05, 0) is 42.5 Å². The van der Waals surface area contributed by atoms with Crippen LogP contribution in [0, 0.1) is 17.7 Å². The molecular weight excluding hydrogens is 325 g/mol. The van der Waals surface area contributed by atoms with Crippen molar-refractivity contribution < 1.29 is 9.18 Å². The smallest absolute Gasteiger partial charge is 0.240 e. The van der Waals surface area contributed by atoms with Gasteiger partial charge in [-0.2, -0.15) is 0 Å². The summed E-state index contributed by atoms with van der Waals surface area (Å²) in [5, 5.41) is 5.32. The molecule has 0 aliphatic carbocycles. The van der Waals surface area contributed by atoms with Gasteiger partial charge in [0.2, 0.25) is 5.91 Å². The van der Waals surface area contributed by atoms with E-state index < -0.39 is 0 Å². The minimum atomic E-state index is -0.271. The number of hydrogen-bond donors (Lipinski definition) is 1. The number of hydrogen-bond acceptors (Lipinski definition) is 4. The summed E-state index contributed by atoms with van der Waals surface area (Å²) in [5.41, 5.74) is 1.59. The molecule has 1 amide bonds. The fourth-order valence-electron chi connectivity index (χ4n) is 3.37. The Labute approximate surface area is 145 Å². The lowest BCUT2D eigenvalue weighted by molar-refractivity contribution is -0.117. The number of carbonyl (C=O) groups is 1. The first-order valence-electron chi connectivity index (χ1n) is 8.23. The van der Waals surface area contributed by atoms with Crippen molar-refractivity contribution in [2.45, 2.75) is 20.3 Å². The topological polar surface area (TPSA) is 45.2 Å². The second-order valence-corrected chi connectivity index (χ2v) is 7.59. The molecule has 0 saturated carbocycles. The van der Waals surface area contributed by atoms with Crippen LogP contribution in [0.4, 0.5) is 9.52 Å². The molecule has 24 heavy (non-hydrogen) atoms. The third kappa shape index (κ3) is 4.39. The second kappa shape index (κ2) is 7.40. The van der Waals surface area contributed by atoms with E-state index in [1.54, 1.807) is 12.1 Å². The molecule has 2 atom stereocenters. The van der Waals surface area contributed by atoms with Crippen molar-refractivity contribution >= 4 is 22.4 Å². The molecule has 0 radical (unpaired) electrons. The van der Waals surface area contributed by atoms with Gasteiger partial charge in [-0.3, -0.25) is 9.69 Å². The molecule has 0 unspecified atom stereocenters. The molecule has 4 nitrogen and oxygen atoms in total. The van der Waals surface area contributed by atoms with Crippen LogP contribution in [0.3, 0.4) is 0 Å². The van der Waals surface area contributed by atoms with Gasteiger partial charge in [-0.15, -0.1) is 11.3 Å². The number of nitrogens with zero attached hydrogens (tertiary/aromatic N) is 2. The molecule has 1 aliphatic rings. The highest BCUT2D eigenvalue weighted by atomic mass is 32.1. The van der Waals surface area contributed by atoms with Crippen LogP contribution in [0.1, 0.15) is 20.3 Å². The molecule has 2 aromatic rings. The van der Waals surface area contributed by atoms with Crippen LogP contribution in [-0.4, -0.2) is 35.4 Å². The second-order valence-electron chi connectivity index (χ2n) is 6.73. The van der Waals surface area contributed by atoms with Gasteiger partial charge in [0.15, 0.2) is 5.13 Å². The first kappa shape index (κ1) is 17.0. The fourth-order valence-corrected chi connectivity index (χ4v) is 4.10. The average Bonchev–Trinajstić information content (AvgIpc) is 2.95. The number of likely N-dealkylation sites (tertiary alicyclic amines) is 1. The summed E-state index contributed by atoms with van der Waals surface area (Å²) in [6.45, 7) is 6.81. The van der Waals surface area contributed by atoms with E-state index in [1.165, 1.54) is 29.9 Å². The average molecular weight is 347 g/mol. The highest BCUT2D eigenvalue weighted by Gasteiger charge is 2.23. The number of thiazole rings is 1. The number of aromatic nitrogens is 1. The Kier molecular flexibility index (Phi) is 5.26. The first-order chi connectivity index (χ1) is 11.5. The van der Waals surface area contributed by atoms with Crippen LogP contribution in [-0.2, 0) is 4.79 Å². The molecule has 3 rings (SSSR count). The summed E-state index contributed by atoms with van der Waals surface area (Å²) >= 11 is 1.38. The summed E-state index contributed by atoms with van der Waals surface area (Å²) < 4.78 is 13.0. The first-order valence-corrected chi connectivity index (χ1v) is 9.11. The van der Waals surface area contributed by atoms with E-state index >= 15 is 0 Å². The molecule has 1 aromatic carbocycles. The summed E-state index contributed by atoms with van der Waals surface area (Å²) in [7, 11) is 0. The van der Waals surface area contributed by atoms with Gasteiger partial charge in [0.05, 0.1) is 12.2 Å². The molecular formula is C18H22FN3OS. The third-order valence-corrected chi connectivity index (χ3v) is 4.96. The predicted octanol–water partition coefficient (Wildman–Crippen LogP) is 3.87. The highest BCUT2D eigenvalue weighted by Crippen LogP contribution is 2.25. The lowest BCUT2D eigenvalue weighted by atomic mass is 9.92. The number of anilines is 1. The third-order valence-electron chi connectivity index (χ3n) is 4.20. The Morgan fingerprint density at radius 2 is 1.96 bits per heavy atom. The highest BCUT2D eigenvalue weighted by molar-refractivity contribution is 7.14. The van der Waals surface area contributed by atoms with Crippen molar-refractivity contribution in [1.29, 1.82) is 0 Å². The maximum absolute atomic E-state index is 13.0. The fraction of sp³-hybridized carbons (Fsp3) is 0.444. The molecule has 0 spiro atoms. The molecule has 1 aromatic heterocycles. The quantitative estimate of drug-likeness (QED) is 0.913. The predicted molar refractivity (Wildman–Crippen MR) is 95.5 cm³/mol. The number of halogens is 1. The maximum atomic E-state index is 13.0. The number of piperidine rings is 1. The SMILES string of the molecule is C[C@H]1C[C@H](C)CN(CC(=O)Nc2nc(-c3ccc(F)cc3)cs2)C1. The van der Waals surface area contributed by atoms with Crippen molar-refractivity contribution in [3.8, 4) is 11.3 Å². The Bertz CT molecular complexity index is 691. The Hall–Kier alpha value is -1.79. The van der Waals surface area contributed by atoms with E-state index in [0.29, 0.717) is 23.5 Å². The monoisotopic (exact) mass is 347 g/mol. The maximum Gasteiger partial charge on any atom is 0.240 e. The van der Waals surface area contributed by atoms with Crippen molar-refractivity contribution in [2.75, 3.05) is 25.0 Å². The molecule has 0 bridgehead atoms. The van der Waals surface area contributed by atoms with Crippen LogP contribution in [0.15, 0.2) is 29.6 Å². The number of carbonyl (C=O) groups excluding carboxylic acids is 1. The Balaban J connectivity index is 1.58. The zero-order chi connectivity index (χ0) is 17.1. The van der Waals surface area contributed by atoms with E-state index in [4.69, 9.17) is 0 Å². The van der Waals surface area contributed by atoms with Crippen LogP contribution in [0.25, 0.3) is 11.3 Å². The zero-order valence-corrected chi connectivity index (χ0v) is 14.8. The standard InChI is InChI=1S/C18H22FN3OS/c1-12-7-13(2)9-22(8-12)10-17(23)21-18-20-16(11-24-18)14-3-5-15(19)6-4-14/h3-6,11-13H,7-10H2,1-2H3,(H,20,21,23)/t12-,13-/m0/s1. The van der Waals surface area contributed by atoms with Crippen molar-refractivity contribution in [3.63, 3.8) is 0 Å². The molecule has 1 aliphatic heterocycles. The van der Waals surface area contributed by atoms with Crippen molar-refractivity contribution in [1.82, 2.24) is 9.88 Å². The minimum Gasteiger partial charge on any atom is -0.301 e. The van der Waals surface area contributed by atoms with E-state index in [9.17, 15) is 9.18 Å². The minimum absolute atomic E-state index is 0.0312. The summed E-state index contributed by atoms with van der Waals surface area (Å²) in [5.74, 6) is 0.960. The lowest BCUT2D eigenvalue weighted by Crippen LogP contribution is -2.42. The van der Waals surface area contributed by atoms with Crippen LogP contribution in [0.2, 0.25) is 0 Å². The number of rotatable bonds is 4. The van der Waals surface area contributed by atoms with E-state index in [2.05, 4.69) is 29.0 Å². The van der Waals surface area contributed by atoms with Gasteiger partial charge in [0, 0.05) is 24.0 Å². The van der Waals surface area contributed by atoms with Gasteiger partial charge in [-0.25, -0.2) is 9.37 Å². The van der Waals surface area contributed by atoms with Crippen molar-refractivity contribution in [2.24, 2.45) is 11.8 Å². The molecule has 1 fully saturated rings. The zero-order valence-electron chi connectivity index (χ0n) is 14.0. The normalized spacial score (nSPS) is 21.6. The Morgan fingerprint density at radius 1 is 1.29 bits per heavy atom. The van der Waals surface area contributed by atoms with Gasteiger partial charge in [0.1, 0.15) is 5.82 Å². The molecule has 1 N–H and O–H groups in total. The Morgan fingerprint density at radius 3 is 2.62 bits per heavy atom. The van der Waals surface area contributed by atoms with Crippen LogP contribution in [0.5, 0.6) is 0 Å². The van der Waals surface area contributed by atoms with Crippen molar-refractivity contribution in [3.05, 3.63) is 35.5 Å². The number of amides is 1. The lowest BCUT2D eigenvalue weighted by Gasteiger charge is -2.34. The number of benzene rings is 1. The molecule has 6 heteroatoms. The van der Waals surface area contributed by atoms with Crippen LogP contribution >= 0.6 is 11.3 Å².